The molecule has 29 heavy (non-hydrogen) atoms. The Morgan fingerprint density at radius 2 is 1.93 bits per heavy atom. The molecule has 3 aromatic rings. The van der Waals surface area contributed by atoms with Crippen LogP contribution in [0.1, 0.15) is 25.7 Å². The lowest BCUT2D eigenvalue weighted by Gasteiger charge is -2.15. The van der Waals surface area contributed by atoms with Crippen LogP contribution in [-0.4, -0.2) is 38.3 Å². The van der Waals surface area contributed by atoms with Crippen molar-refractivity contribution in [3.05, 3.63) is 36.5 Å². The second-order valence-electron chi connectivity index (χ2n) is 6.89. The lowest BCUT2D eigenvalue weighted by molar-refractivity contribution is 0.373. The highest BCUT2D eigenvalue weighted by molar-refractivity contribution is 7.80. The lowest BCUT2D eigenvalue weighted by atomic mass is 10.2. The summed E-state index contributed by atoms with van der Waals surface area (Å²) in [5, 5.41) is 20.1. The number of ether oxygens (including phenoxy) is 1. The molecule has 1 fully saturated rings. The number of hydrogen-bond donors (Lipinski definition) is 4. The van der Waals surface area contributed by atoms with Gasteiger partial charge in [-0.15, -0.1) is 0 Å². The third kappa shape index (κ3) is 4.62. The topological polar surface area (TPSA) is 104 Å². The van der Waals surface area contributed by atoms with Crippen LogP contribution in [0.3, 0.4) is 0 Å². The third-order valence-electron chi connectivity index (χ3n) is 4.79. The Morgan fingerprint density at radius 1 is 1.14 bits per heavy atom. The number of aromatic nitrogens is 3. The van der Waals surface area contributed by atoms with Crippen molar-refractivity contribution in [3.8, 4) is 11.5 Å². The zero-order chi connectivity index (χ0) is 20.2. The van der Waals surface area contributed by atoms with Gasteiger partial charge in [-0.2, -0.15) is 0 Å². The summed E-state index contributed by atoms with van der Waals surface area (Å²) in [4.78, 5) is 13.4. The molecule has 4 rings (SSSR count). The zero-order valence-corrected chi connectivity index (χ0v) is 16.8. The number of aromatic hydroxyl groups is 1. The highest BCUT2D eigenvalue weighted by atomic mass is 32.1. The van der Waals surface area contributed by atoms with E-state index in [1.165, 1.54) is 20.0 Å². The maximum Gasteiger partial charge on any atom is 0.182 e. The van der Waals surface area contributed by atoms with E-state index >= 15 is 0 Å². The monoisotopic (exact) mass is 410 g/mol. The van der Waals surface area contributed by atoms with Crippen molar-refractivity contribution in [1.82, 2.24) is 20.3 Å². The Kier molecular flexibility index (Phi) is 5.57. The molecule has 1 aliphatic carbocycles. The van der Waals surface area contributed by atoms with Crippen LogP contribution >= 0.6 is 12.2 Å². The van der Waals surface area contributed by atoms with Crippen LogP contribution in [-0.2, 0) is 0 Å². The minimum absolute atomic E-state index is 0.0409. The van der Waals surface area contributed by atoms with Crippen molar-refractivity contribution >= 4 is 45.8 Å². The molecule has 1 aromatic carbocycles. The maximum absolute atomic E-state index is 9.92. The predicted octanol–water partition coefficient (Wildman–Crippen LogP) is 3.71. The van der Waals surface area contributed by atoms with Crippen LogP contribution in [0.4, 0.5) is 17.3 Å². The van der Waals surface area contributed by atoms with Crippen molar-refractivity contribution in [2.45, 2.75) is 31.7 Å². The summed E-state index contributed by atoms with van der Waals surface area (Å²) in [6, 6.07) is 9.12. The molecule has 0 saturated heterocycles. The number of thiocarbonyl (C=S) groups is 1. The van der Waals surface area contributed by atoms with E-state index in [4.69, 9.17) is 17.0 Å². The van der Waals surface area contributed by atoms with Crippen molar-refractivity contribution < 1.29 is 9.84 Å². The molecule has 2 aromatic heterocycles. The number of fused-ring (bicyclic) bond motifs is 1. The molecule has 0 atom stereocenters. The van der Waals surface area contributed by atoms with Gasteiger partial charge in [-0.05, 0) is 49.3 Å². The average Bonchev–Trinajstić information content (AvgIpc) is 3.21. The van der Waals surface area contributed by atoms with Gasteiger partial charge in [0.15, 0.2) is 28.1 Å². The molecular formula is C20H22N6O2S. The van der Waals surface area contributed by atoms with Gasteiger partial charge in [0, 0.05) is 17.8 Å². The molecule has 2 heterocycles. The van der Waals surface area contributed by atoms with E-state index in [2.05, 4.69) is 30.9 Å². The maximum atomic E-state index is 9.92. The van der Waals surface area contributed by atoms with E-state index in [1.54, 1.807) is 24.4 Å². The highest BCUT2D eigenvalue weighted by Gasteiger charge is 2.15. The van der Waals surface area contributed by atoms with E-state index < -0.39 is 0 Å². The minimum Gasteiger partial charge on any atom is -0.504 e. The van der Waals surface area contributed by atoms with Gasteiger partial charge in [-0.25, -0.2) is 15.0 Å². The van der Waals surface area contributed by atoms with Crippen LogP contribution in [0.5, 0.6) is 11.5 Å². The first kappa shape index (κ1) is 19.1. The Bertz CT molecular complexity index is 1040. The molecule has 0 aliphatic heterocycles. The number of rotatable bonds is 5. The van der Waals surface area contributed by atoms with E-state index in [0.29, 0.717) is 45.4 Å². The zero-order valence-electron chi connectivity index (χ0n) is 16.0. The number of phenols is 1. The summed E-state index contributed by atoms with van der Waals surface area (Å²) in [6.07, 6.45) is 6.39. The van der Waals surface area contributed by atoms with Gasteiger partial charge in [-0.1, -0.05) is 12.8 Å². The summed E-state index contributed by atoms with van der Waals surface area (Å²) in [6.45, 7) is 0. The molecule has 1 aliphatic rings. The number of benzene rings is 1. The number of nitrogens with one attached hydrogen (secondary N) is 3. The first-order chi connectivity index (χ1) is 14.1. The second kappa shape index (κ2) is 8.44. The summed E-state index contributed by atoms with van der Waals surface area (Å²) < 4.78 is 5.06. The van der Waals surface area contributed by atoms with Gasteiger partial charge >= 0.3 is 0 Å². The lowest BCUT2D eigenvalue weighted by Crippen LogP contribution is -2.36. The average molecular weight is 411 g/mol. The third-order valence-corrected chi connectivity index (χ3v) is 5.01. The highest BCUT2D eigenvalue weighted by Crippen LogP contribution is 2.29. The van der Waals surface area contributed by atoms with Crippen LogP contribution in [0, 0.1) is 0 Å². The summed E-state index contributed by atoms with van der Waals surface area (Å²) in [5.41, 5.74) is 1.82. The van der Waals surface area contributed by atoms with Crippen molar-refractivity contribution in [1.29, 1.82) is 0 Å². The molecule has 8 nitrogen and oxygen atoms in total. The largest absolute Gasteiger partial charge is 0.504 e. The summed E-state index contributed by atoms with van der Waals surface area (Å²) in [5.74, 6) is 1.57. The quantitative estimate of drug-likeness (QED) is 0.469. The van der Waals surface area contributed by atoms with Crippen molar-refractivity contribution in [3.63, 3.8) is 0 Å². The number of nitrogens with zero attached hydrogens (tertiary/aromatic N) is 3. The molecule has 0 bridgehead atoms. The van der Waals surface area contributed by atoms with E-state index in [9.17, 15) is 5.11 Å². The molecule has 4 N–H and O–H groups in total. The van der Waals surface area contributed by atoms with Crippen molar-refractivity contribution in [2.75, 3.05) is 17.7 Å². The fourth-order valence-electron chi connectivity index (χ4n) is 3.35. The molecular weight excluding hydrogens is 388 g/mol. The normalized spacial score (nSPS) is 14.0. The Morgan fingerprint density at radius 3 is 2.69 bits per heavy atom. The predicted molar refractivity (Wildman–Crippen MR) is 117 cm³/mol. The standard InChI is InChI=1S/C20H22N6O2S/c1-28-16-8-6-13(10-15(16)27)22-18-11-21-14-7-9-17(24-19(14)25-18)26-20(29)23-12-4-2-3-5-12/h6-12,27H,2-5H2,1H3,(H3,22,23,24,25,26,29). The van der Waals surface area contributed by atoms with Crippen LogP contribution in [0.25, 0.3) is 11.2 Å². The smallest absolute Gasteiger partial charge is 0.182 e. The molecule has 0 radical (unpaired) electrons. The number of pyridine rings is 1. The minimum atomic E-state index is 0.0409. The molecule has 0 unspecified atom stereocenters. The molecule has 0 spiro atoms. The first-order valence-corrected chi connectivity index (χ1v) is 9.87. The van der Waals surface area contributed by atoms with Gasteiger partial charge in [-0.3, -0.25) is 0 Å². The summed E-state index contributed by atoms with van der Waals surface area (Å²) in [7, 11) is 1.50. The van der Waals surface area contributed by atoms with Gasteiger partial charge in [0.05, 0.1) is 13.3 Å². The fourth-order valence-corrected chi connectivity index (χ4v) is 3.62. The number of hydrogen-bond acceptors (Lipinski definition) is 7. The first-order valence-electron chi connectivity index (χ1n) is 9.46. The SMILES string of the molecule is COc1ccc(Nc2cnc3ccc(NC(=S)NC4CCCC4)nc3n2)cc1O. The Hall–Kier alpha value is -3.20. The van der Waals surface area contributed by atoms with E-state index in [0.717, 1.165) is 12.8 Å². The van der Waals surface area contributed by atoms with E-state index in [-0.39, 0.29) is 5.75 Å². The molecule has 150 valence electrons. The van der Waals surface area contributed by atoms with Crippen molar-refractivity contribution in [2.24, 2.45) is 0 Å². The summed E-state index contributed by atoms with van der Waals surface area (Å²) >= 11 is 5.40. The Balaban J connectivity index is 1.48. The van der Waals surface area contributed by atoms with Gasteiger partial charge in [0.2, 0.25) is 0 Å². The molecule has 1 saturated carbocycles. The number of methoxy groups -OCH3 is 1. The number of anilines is 3. The number of phenolic OH excluding ortho intramolecular Hbond substituents is 1. The fraction of sp³-hybridized carbons (Fsp3) is 0.300. The van der Waals surface area contributed by atoms with Gasteiger partial charge < -0.3 is 25.8 Å². The van der Waals surface area contributed by atoms with Crippen LogP contribution < -0.4 is 20.7 Å². The van der Waals surface area contributed by atoms with E-state index in [1.807, 2.05) is 12.1 Å². The molecule has 0 amide bonds. The Labute approximate surface area is 173 Å². The van der Waals surface area contributed by atoms with Gasteiger partial charge in [0.25, 0.3) is 0 Å². The molecule has 9 heteroatoms. The second-order valence-corrected chi connectivity index (χ2v) is 7.29. The van der Waals surface area contributed by atoms with Crippen LogP contribution in [0.2, 0.25) is 0 Å². The van der Waals surface area contributed by atoms with Gasteiger partial charge in [0.1, 0.15) is 11.3 Å². The van der Waals surface area contributed by atoms with Crippen LogP contribution in [0.15, 0.2) is 36.5 Å².